The van der Waals surface area contributed by atoms with Crippen LogP contribution in [0.5, 0.6) is 0 Å². The fraction of sp³-hybridized carbons (Fsp3) is 0.889. The Morgan fingerprint density at radius 2 is 2.17 bits per heavy atom. The smallest absolute Gasteiger partial charge is 0.179 e. The highest BCUT2D eigenvalue weighted by atomic mass is 16.5. The van der Waals surface area contributed by atoms with E-state index in [1.165, 1.54) is 12.8 Å². The molecule has 0 amide bonds. The largest absolute Gasteiger partial charge is 0.374 e. The van der Waals surface area contributed by atoms with E-state index < -0.39 is 0 Å². The van der Waals surface area contributed by atoms with Crippen LogP contribution in [0.25, 0.3) is 0 Å². The van der Waals surface area contributed by atoms with Crippen molar-refractivity contribution in [1.82, 2.24) is 4.90 Å². The van der Waals surface area contributed by atoms with Gasteiger partial charge in [-0.25, -0.2) is 0 Å². The third-order valence-electron chi connectivity index (χ3n) is 2.86. The molecule has 2 fully saturated rings. The Hall–Kier alpha value is -0.750. The van der Waals surface area contributed by atoms with Gasteiger partial charge in [0.25, 0.3) is 0 Å². The summed E-state index contributed by atoms with van der Waals surface area (Å²) in [5.41, 5.74) is 0. The van der Waals surface area contributed by atoms with Crippen LogP contribution in [0, 0.1) is 11.5 Å². The molecule has 1 saturated carbocycles. The number of nitrogens with zero attached hydrogens (tertiary/aromatic N) is 2. The lowest BCUT2D eigenvalue weighted by Crippen LogP contribution is -2.50. The average Bonchev–Trinajstić information content (AvgIpc) is 2.17. The maximum absolute atomic E-state index is 8.85. The Morgan fingerprint density at radius 1 is 1.33 bits per heavy atom. The van der Waals surface area contributed by atoms with Gasteiger partial charge in [0.05, 0.1) is 25.3 Å². The van der Waals surface area contributed by atoms with Gasteiger partial charge in [0, 0.05) is 0 Å². The van der Waals surface area contributed by atoms with Crippen LogP contribution in [0.15, 0.2) is 0 Å². The standard InChI is InChI=1S/C9H14N2O/c10-7-11-5-6-12-9-4-2-1-3-8(9)11/h8-9H,1-6H2. The number of ether oxygens (including phenoxy) is 1. The minimum absolute atomic E-state index is 0.340. The van der Waals surface area contributed by atoms with E-state index in [0.717, 1.165) is 26.0 Å². The first-order valence-corrected chi connectivity index (χ1v) is 4.70. The maximum atomic E-state index is 8.85. The number of fused-ring (bicyclic) bond motifs is 1. The lowest BCUT2D eigenvalue weighted by Gasteiger charge is -2.40. The Labute approximate surface area is 72.9 Å². The zero-order valence-electron chi connectivity index (χ0n) is 7.20. The molecular formula is C9H14N2O. The molecule has 3 nitrogen and oxygen atoms in total. The van der Waals surface area contributed by atoms with Gasteiger partial charge in [-0.2, -0.15) is 5.26 Å². The van der Waals surface area contributed by atoms with Crippen molar-refractivity contribution in [3.05, 3.63) is 0 Å². The van der Waals surface area contributed by atoms with Crippen LogP contribution < -0.4 is 0 Å². The van der Waals surface area contributed by atoms with Crippen molar-refractivity contribution in [2.45, 2.75) is 37.8 Å². The van der Waals surface area contributed by atoms with Crippen molar-refractivity contribution in [3.8, 4) is 6.19 Å². The fourth-order valence-corrected chi connectivity index (χ4v) is 2.22. The topological polar surface area (TPSA) is 36.3 Å². The summed E-state index contributed by atoms with van der Waals surface area (Å²) >= 11 is 0. The van der Waals surface area contributed by atoms with Gasteiger partial charge in [-0.15, -0.1) is 0 Å². The third kappa shape index (κ3) is 1.27. The molecule has 0 bridgehead atoms. The van der Waals surface area contributed by atoms with E-state index in [-0.39, 0.29) is 0 Å². The molecular weight excluding hydrogens is 152 g/mol. The molecule has 3 heteroatoms. The van der Waals surface area contributed by atoms with Gasteiger partial charge in [-0.05, 0) is 12.8 Å². The lowest BCUT2D eigenvalue weighted by molar-refractivity contribution is -0.0682. The minimum atomic E-state index is 0.340. The van der Waals surface area contributed by atoms with Gasteiger partial charge in [0.15, 0.2) is 6.19 Å². The summed E-state index contributed by atoms with van der Waals surface area (Å²) in [6.07, 6.45) is 7.39. The summed E-state index contributed by atoms with van der Waals surface area (Å²) in [6, 6.07) is 0.387. The highest BCUT2D eigenvalue weighted by Gasteiger charge is 2.33. The number of rotatable bonds is 0. The molecule has 1 saturated heterocycles. The molecule has 2 rings (SSSR count). The Morgan fingerprint density at radius 3 is 3.00 bits per heavy atom. The van der Waals surface area contributed by atoms with Crippen molar-refractivity contribution < 1.29 is 4.74 Å². The first-order chi connectivity index (χ1) is 5.92. The quantitative estimate of drug-likeness (QED) is 0.506. The molecule has 2 atom stereocenters. The molecule has 0 spiro atoms. The zero-order valence-corrected chi connectivity index (χ0v) is 7.20. The van der Waals surface area contributed by atoms with Crippen molar-refractivity contribution in [3.63, 3.8) is 0 Å². The van der Waals surface area contributed by atoms with Crippen LogP contribution >= 0.6 is 0 Å². The van der Waals surface area contributed by atoms with Crippen LogP contribution in [-0.2, 0) is 4.74 Å². The fourth-order valence-electron chi connectivity index (χ4n) is 2.22. The summed E-state index contributed by atoms with van der Waals surface area (Å²) in [7, 11) is 0. The van der Waals surface area contributed by atoms with Crippen molar-refractivity contribution >= 4 is 0 Å². The predicted octanol–water partition coefficient (Wildman–Crippen LogP) is 1.11. The third-order valence-corrected chi connectivity index (χ3v) is 2.86. The van der Waals surface area contributed by atoms with Gasteiger partial charge in [0.1, 0.15) is 0 Å². The van der Waals surface area contributed by atoms with Gasteiger partial charge in [0.2, 0.25) is 0 Å². The summed E-state index contributed by atoms with van der Waals surface area (Å²) in [5, 5.41) is 8.85. The summed E-state index contributed by atoms with van der Waals surface area (Å²) in [5.74, 6) is 0. The van der Waals surface area contributed by atoms with E-state index in [9.17, 15) is 0 Å². The second kappa shape index (κ2) is 3.32. The molecule has 12 heavy (non-hydrogen) atoms. The second-order valence-corrected chi connectivity index (χ2v) is 3.55. The minimum Gasteiger partial charge on any atom is -0.374 e. The first kappa shape index (κ1) is 7.88. The number of morpholine rings is 1. The molecule has 1 aliphatic carbocycles. The van der Waals surface area contributed by atoms with Crippen LogP contribution in [0.1, 0.15) is 25.7 Å². The summed E-state index contributed by atoms with van der Waals surface area (Å²) in [4.78, 5) is 1.90. The Bertz CT molecular complexity index is 197. The number of hydrogen-bond donors (Lipinski definition) is 0. The van der Waals surface area contributed by atoms with Crippen LogP contribution in [-0.4, -0.2) is 30.2 Å². The highest BCUT2D eigenvalue weighted by Crippen LogP contribution is 2.27. The van der Waals surface area contributed by atoms with E-state index in [1.54, 1.807) is 0 Å². The van der Waals surface area contributed by atoms with Crippen molar-refractivity contribution in [2.75, 3.05) is 13.2 Å². The normalized spacial score (nSPS) is 35.4. The van der Waals surface area contributed by atoms with Gasteiger partial charge < -0.3 is 9.64 Å². The number of nitriles is 1. The molecule has 0 aromatic rings. The SMILES string of the molecule is N#CN1CCOC2CCCCC21. The molecule has 2 aliphatic rings. The van der Waals surface area contributed by atoms with E-state index >= 15 is 0 Å². The maximum Gasteiger partial charge on any atom is 0.179 e. The van der Waals surface area contributed by atoms with E-state index in [0.29, 0.717) is 12.1 Å². The molecule has 0 N–H and O–H groups in total. The van der Waals surface area contributed by atoms with Crippen molar-refractivity contribution in [1.29, 1.82) is 5.26 Å². The van der Waals surface area contributed by atoms with Crippen LogP contribution in [0.2, 0.25) is 0 Å². The number of hydrogen-bond acceptors (Lipinski definition) is 3. The second-order valence-electron chi connectivity index (χ2n) is 3.55. The van der Waals surface area contributed by atoms with Gasteiger partial charge >= 0.3 is 0 Å². The molecule has 66 valence electrons. The Kier molecular flexibility index (Phi) is 2.18. The molecule has 1 heterocycles. The zero-order chi connectivity index (χ0) is 8.39. The Balaban J connectivity index is 2.05. The summed E-state index contributed by atoms with van der Waals surface area (Å²) in [6.45, 7) is 1.52. The van der Waals surface area contributed by atoms with E-state index in [1.807, 2.05) is 4.90 Å². The van der Waals surface area contributed by atoms with Gasteiger partial charge in [-0.1, -0.05) is 12.8 Å². The average molecular weight is 166 g/mol. The molecule has 0 radical (unpaired) electrons. The first-order valence-electron chi connectivity index (χ1n) is 4.70. The monoisotopic (exact) mass is 166 g/mol. The van der Waals surface area contributed by atoms with E-state index in [2.05, 4.69) is 6.19 Å². The van der Waals surface area contributed by atoms with Crippen molar-refractivity contribution in [2.24, 2.45) is 0 Å². The summed E-state index contributed by atoms with van der Waals surface area (Å²) < 4.78 is 5.62. The predicted molar refractivity (Wildman–Crippen MR) is 44.3 cm³/mol. The van der Waals surface area contributed by atoms with Crippen LogP contribution in [0.3, 0.4) is 0 Å². The molecule has 0 aromatic carbocycles. The molecule has 0 aromatic heterocycles. The molecule has 2 unspecified atom stereocenters. The molecule has 1 aliphatic heterocycles. The van der Waals surface area contributed by atoms with E-state index in [4.69, 9.17) is 10.00 Å². The van der Waals surface area contributed by atoms with Gasteiger partial charge in [-0.3, -0.25) is 0 Å². The highest BCUT2D eigenvalue weighted by molar-refractivity contribution is 4.92. The lowest BCUT2D eigenvalue weighted by atomic mass is 9.90. The van der Waals surface area contributed by atoms with Crippen LogP contribution in [0.4, 0.5) is 0 Å².